The first-order valence-corrected chi connectivity index (χ1v) is 8.42. The third-order valence-corrected chi connectivity index (χ3v) is 4.27. The van der Waals surface area contributed by atoms with E-state index in [2.05, 4.69) is 5.32 Å². The fourth-order valence-corrected chi connectivity index (χ4v) is 2.82. The Kier molecular flexibility index (Phi) is 7.01. The fourth-order valence-electron chi connectivity index (χ4n) is 2.82. The Labute approximate surface area is 158 Å². The molecular weight excluding hydrogens is 351 g/mol. The van der Waals surface area contributed by atoms with Crippen molar-refractivity contribution < 1.29 is 23.4 Å². The van der Waals surface area contributed by atoms with Crippen molar-refractivity contribution in [3.05, 3.63) is 53.3 Å². The van der Waals surface area contributed by atoms with Crippen LogP contribution < -0.4 is 19.5 Å². The minimum atomic E-state index is -0.552. The summed E-state index contributed by atoms with van der Waals surface area (Å²) in [6.07, 6.45) is 0. The largest absolute Gasteiger partial charge is 0.493 e. The van der Waals surface area contributed by atoms with Crippen LogP contribution in [0.3, 0.4) is 0 Å². The molecule has 2 aromatic carbocycles. The second kappa shape index (κ2) is 9.23. The second-order valence-corrected chi connectivity index (χ2v) is 6.13. The van der Waals surface area contributed by atoms with Gasteiger partial charge in [0.2, 0.25) is 5.75 Å². The molecule has 1 N–H and O–H groups in total. The SMILES string of the molecule is COc1cc(C(CNC(=O)c2ccccc2F)N(C)C)cc(OC)c1OC. The van der Waals surface area contributed by atoms with Gasteiger partial charge in [-0.15, -0.1) is 0 Å². The predicted molar refractivity (Wildman–Crippen MR) is 101 cm³/mol. The quantitative estimate of drug-likeness (QED) is 0.768. The van der Waals surface area contributed by atoms with Crippen molar-refractivity contribution in [1.82, 2.24) is 10.2 Å². The fraction of sp³-hybridized carbons (Fsp3) is 0.350. The van der Waals surface area contributed by atoms with Crippen LogP contribution in [0.1, 0.15) is 22.0 Å². The molecule has 0 fully saturated rings. The van der Waals surface area contributed by atoms with E-state index in [-0.39, 0.29) is 18.2 Å². The highest BCUT2D eigenvalue weighted by Gasteiger charge is 2.21. The van der Waals surface area contributed by atoms with Crippen molar-refractivity contribution in [2.75, 3.05) is 42.0 Å². The number of rotatable bonds is 8. The molecule has 0 saturated heterocycles. The van der Waals surface area contributed by atoms with Crippen LogP contribution in [-0.2, 0) is 0 Å². The van der Waals surface area contributed by atoms with Gasteiger partial charge in [-0.3, -0.25) is 4.79 Å². The number of hydrogen-bond acceptors (Lipinski definition) is 5. The number of amides is 1. The van der Waals surface area contributed by atoms with E-state index in [4.69, 9.17) is 14.2 Å². The zero-order valence-corrected chi connectivity index (χ0v) is 16.2. The molecule has 0 heterocycles. The maximum Gasteiger partial charge on any atom is 0.254 e. The first-order chi connectivity index (χ1) is 12.9. The maximum absolute atomic E-state index is 13.8. The van der Waals surface area contributed by atoms with Crippen molar-refractivity contribution in [1.29, 1.82) is 0 Å². The molecular formula is C20H25FN2O4. The highest BCUT2D eigenvalue weighted by atomic mass is 19.1. The number of methoxy groups -OCH3 is 3. The van der Waals surface area contributed by atoms with Crippen LogP contribution in [0.5, 0.6) is 17.2 Å². The molecule has 0 aliphatic heterocycles. The molecule has 27 heavy (non-hydrogen) atoms. The zero-order valence-electron chi connectivity index (χ0n) is 16.2. The molecule has 0 bridgehead atoms. The number of hydrogen-bond donors (Lipinski definition) is 1. The number of nitrogens with one attached hydrogen (secondary N) is 1. The van der Waals surface area contributed by atoms with Gasteiger partial charge in [0.15, 0.2) is 11.5 Å². The van der Waals surface area contributed by atoms with E-state index in [1.54, 1.807) is 26.4 Å². The molecule has 0 aromatic heterocycles. The summed E-state index contributed by atoms with van der Waals surface area (Å²) in [7, 11) is 8.42. The molecule has 0 aliphatic rings. The number of carbonyl (C=O) groups is 1. The van der Waals surface area contributed by atoms with Crippen LogP contribution in [0.2, 0.25) is 0 Å². The molecule has 2 rings (SSSR count). The van der Waals surface area contributed by atoms with Crippen molar-refractivity contribution >= 4 is 5.91 Å². The highest BCUT2D eigenvalue weighted by Crippen LogP contribution is 2.40. The number of carbonyl (C=O) groups excluding carboxylic acids is 1. The molecule has 0 radical (unpaired) electrons. The Hall–Kier alpha value is -2.80. The summed E-state index contributed by atoms with van der Waals surface area (Å²) in [4.78, 5) is 14.3. The topological polar surface area (TPSA) is 60.0 Å². The van der Waals surface area contributed by atoms with Gasteiger partial charge in [0, 0.05) is 6.54 Å². The van der Waals surface area contributed by atoms with Crippen molar-refractivity contribution in [3.63, 3.8) is 0 Å². The van der Waals surface area contributed by atoms with Gasteiger partial charge in [-0.2, -0.15) is 0 Å². The lowest BCUT2D eigenvalue weighted by Gasteiger charge is -2.26. The molecule has 0 saturated carbocycles. The molecule has 0 spiro atoms. The number of benzene rings is 2. The van der Waals surface area contributed by atoms with Crippen LogP contribution >= 0.6 is 0 Å². The average Bonchev–Trinajstić information content (AvgIpc) is 2.67. The van der Waals surface area contributed by atoms with Crippen molar-refractivity contribution in [2.45, 2.75) is 6.04 Å². The predicted octanol–water partition coefficient (Wildman–Crippen LogP) is 2.88. The summed E-state index contributed by atoms with van der Waals surface area (Å²) >= 11 is 0. The lowest BCUT2D eigenvalue weighted by atomic mass is 10.0. The minimum absolute atomic E-state index is 0.0138. The molecule has 7 heteroatoms. The monoisotopic (exact) mass is 376 g/mol. The normalized spacial score (nSPS) is 11.8. The number of nitrogens with zero attached hydrogens (tertiary/aromatic N) is 1. The number of ether oxygens (including phenoxy) is 3. The van der Waals surface area contributed by atoms with Crippen LogP contribution in [0.4, 0.5) is 4.39 Å². The van der Waals surface area contributed by atoms with Gasteiger partial charge in [0.05, 0.1) is 32.9 Å². The minimum Gasteiger partial charge on any atom is -0.493 e. The Morgan fingerprint density at radius 1 is 1.07 bits per heavy atom. The molecule has 146 valence electrons. The Morgan fingerprint density at radius 3 is 2.15 bits per heavy atom. The van der Waals surface area contributed by atoms with Gasteiger partial charge < -0.3 is 24.4 Å². The summed E-state index contributed by atoms with van der Waals surface area (Å²) in [5.41, 5.74) is 0.878. The van der Waals surface area contributed by atoms with E-state index >= 15 is 0 Å². The first-order valence-electron chi connectivity index (χ1n) is 8.42. The van der Waals surface area contributed by atoms with Gasteiger partial charge in [-0.25, -0.2) is 4.39 Å². The molecule has 0 aliphatic carbocycles. The summed E-state index contributed by atoms with van der Waals surface area (Å²) < 4.78 is 30.0. The van der Waals surface area contributed by atoms with Gasteiger partial charge in [-0.1, -0.05) is 12.1 Å². The van der Waals surface area contributed by atoms with Crippen LogP contribution in [0.25, 0.3) is 0 Å². The van der Waals surface area contributed by atoms with Gasteiger partial charge in [0.25, 0.3) is 5.91 Å². The second-order valence-electron chi connectivity index (χ2n) is 6.13. The van der Waals surface area contributed by atoms with Crippen LogP contribution in [0.15, 0.2) is 36.4 Å². The van der Waals surface area contributed by atoms with Crippen LogP contribution in [-0.4, -0.2) is 52.8 Å². The van der Waals surface area contributed by atoms with Crippen molar-refractivity contribution in [2.24, 2.45) is 0 Å². The summed E-state index contributed by atoms with van der Waals surface area (Å²) in [5.74, 6) is 0.534. The molecule has 1 amide bonds. The van der Waals surface area contributed by atoms with Gasteiger partial charge in [0.1, 0.15) is 5.82 Å². The smallest absolute Gasteiger partial charge is 0.254 e. The van der Waals surface area contributed by atoms with E-state index in [0.717, 1.165) is 5.56 Å². The zero-order chi connectivity index (χ0) is 20.0. The van der Waals surface area contributed by atoms with E-state index in [1.165, 1.54) is 19.2 Å². The Morgan fingerprint density at radius 2 is 1.67 bits per heavy atom. The highest BCUT2D eigenvalue weighted by molar-refractivity contribution is 5.94. The third kappa shape index (κ3) is 4.68. The van der Waals surface area contributed by atoms with E-state index in [0.29, 0.717) is 17.2 Å². The summed E-state index contributed by atoms with van der Waals surface area (Å²) in [6.45, 7) is 0.277. The summed E-state index contributed by atoms with van der Waals surface area (Å²) in [6, 6.07) is 9.37. The van der Waals surface area contributed by atoms with Gasteiger partial charge in [-0.05, 0) is 43.9 Å². The lowest BCUT2D eigenvalue weighted by Crippen LogP contribution is -2.35. The van der Waals surface area contributed by atoms with Gasteiger partial charge >= 0.3 is 0 Å². The first kappa shape index (κ1) is 20.5. The lowest BCUT2D eigenvalue weighted by molar-refractivity contribution is 0.0938. The van der Waals surface area contributed by atoms with Crippen molar-refractivity contribution in [3.8, 4) is 17.2 Å². The molecule has 2 aromatic rings. The number of halogens is 1. The van der Waals surface area contributed by atoms with Crippen LogP contribution in [0, 0.1) is 5.82 Å². The van der Waals surface area contributed by atoms with E-state index < -0.39 is 11.7 Å². The standard InChI is InChI=1S/C20H25FN2O4/c1-23(2)16(12-22-20(24)14-8-6-7-9-15(14)21)13-10-17(25-3)19(27-5)18(11-13)26-4/h6-11,16H,12H2,1-5H3,(H,22,24). The molecule has 6 nitrogen and oxygen atoms in total. The van der Waals surface area contributed by atoms with E-state index in [9.17, 15) is 9.18 Å². The maximum atomic E-state index is 13.8. The molecule has 1 unspecified atom stereocenters. The Balaban J connectivity index is 2.27. The molecule has 1 atom stereocenters. The Bertz CT molecular complexity index is 770. The number of likely N-dealkylation sites (N-methyl/N-ethyl adjacent to an activating group) is 1. The summed E-state index contributed by atoms with van der Waals surface area (Å²) in [5, 5.41) is 2.79. The van der Waals surface area contributed by atoms with E-state index in [1.807, 2.05) is 31.1 Å². The third-order valence-electron chi connectivity index (χ3n) is 4.27. The average molecular weight is 376 g/mol.